The molecule has 0 aliphatic carbocycles. The highest BCUT2D eigenvalue weighted by molar-refractivity contribution is 7.92. The molecule has 0 unspecified atom stereocenters. The van der Waals surface area contributed by atoms with Crippen LogP contribution in [0.2, 0.25) is 0 Å². The molecule has 22 heavy (non-hydrogen) atoms. The number of hydrogen-bond acceptors (Lipinski definition) is 3. The van der Waals surface area contributed by atoms with Gasteiger partial charge in [0.05, 0.1) is 11.9 Å². The molecule has 0 heterocycles. The third kappa shape index (κ3) is 6.63. The second-order valence-corrected chi connectivity index (χ2v) is 6.74. The fourth-order valence-electron chi connectivity index (χ4n) is 1.61. The van der Waals surface area contributed by atoms with Crippen LogP contribution in [0.25, 0.3) is 0 Å². The Labute approximate surface area is 133 Å². The summed E-state index contributed by atoms with van der Waals surface area (Å²) in [6.07, 6.45) is 2.36. The molecular weight excluding hydrogens is 298 g/mol. The third-order valence-electron chi connectivity index (χ3n) is 2.40. The maximum absolute atomic E-state index is 11.3. The van der Waals surface area contributed by atoms with Crippen LogP contribution in [0, 0.1) is 6.92 Å². The summed E-state index contributed by atoms with van der Waals surface area (Å²) in [5, 5.41) is 0. The van der Waals surface area contributed by atoms with Gasteiger partial charge in [0.25, 0.3) is 0 Å². The van der Waals surface area contributed by atoms with E-state index in [4.69, 9.17) is 4.74 Å². The summed E-state index contributed by atoms with van der Waals surface area (Å²) in [7, 11) is -3.33. The largest absolute Gasteiger partial charge is 0.455 e. The second kappa shape index (κ2) is 8.44. The van der Waals surface area contributed by atoms with E-state index in [-0.39, 0.29) is 0 Å². The van der Waals surface area contributed by atoms with E-state index in [1.807, 2.05) is 43.3 Å². The van der Waals surface area contributed by atoms with Gasteiger partial charge in [-0.05, 0) is 36.8 Å². The van der Waals surface area contributed by atoms with Gasteiger partial charge in [-0.25, -0.2) is 8.42 Å². The maximum Gasteiger partial charge on any atom is 0.229 e. The lowest BCUT2D eigenvalue weighted by atomic mass is 10.2. The predicted molar refractivity (Wildman–Crippen MR) is 92.1 cm³/mol. The van der Waals surface area contributed by atoms with Crippen molar-refractivity contribution in [3.8, 4) is 11.5 Å². The fraction of sp³-hybridized carbons (Fsp3) is 0.294. The minimum Gasteiger partial charge on any atom is -0.455 e. The Kier molecular flexibility index (Phi) is 6.92. The van der Waals surface area contributed by atoms with Gasteiger partial charge in [-0.3, -0.25) is 4.72 Å². The van der Waals surface area contributed by atoms with Crippen LogP contribution in [0.4, 0.5) is 5.69 Å². The quantitative estimate of drug-likeness (QED) is 0.897. The number of aryl methyl sites for hydroxylation is 1. The predicted octanol–water partition coefficient (Wildman–Crippen LogP) is 4.58. The van der Waals surface area contributed by atoms with Crippen LogP contribution >= 0.6 is 0 Å². The summed E-state index contributed by atoms with van der Waals surface area (Å²) in [5.74, 6) is 1.14. The van der Waals surface area contributed by atoms with E-state index < -0.39 is 10.0 Å². The van der Waals surface area contributed by atoms with E-state index in [1.165, 1.54) is 6.42 Å². The zero-order chi connectivity index (χ0) is 16.6. The summed E-state index contributed by atoms with van der Waals surface area (Å²) < 4.78 is 30.8. The molecule has 0 amide bonds. The highest BCUT2D eigenvalue weighted by Crippen LogP contribution is 2.30. The van der Waals surface area contributed by atoms with Gasteiger partial charge in [-0.15, -0.1) is 0 Å². The molecule has 5 heteroatoms. The van der Waals surface area contributed by atoms with Crippen molar-refractivity contribution in [2.45, 2.75) is 27.2 Å². The summed E-state index contributed by atoms with van der Waals surface area (Å²) in [6.45, 7) is 6.17. The molecule has 2 aromatic carbocycles. The molecule has 0 aliphatic heterocycles. The molecule has 120 valence electrons. The number of hydrogen-bond donors (Lipinski definition) is 1. The standard InChI is InChI=1S/C14H15NO3S.C3H8/c1-11-8-9-13(15-19(2,16)17)14(10-11)18-12-6-4-3-5-7-12;1-3-2/h3-10,15H,1-2H3;3H2,1-2H3. The van der Waals surface area contributed by atoms with Crippen molar-refractivity contribution < 1.29 is 13.2 Å². The van der Waals surface area contributed by atoms with Gasteiger partial charge in [-0.2, -0.15) is 0 Å². The SMILES string of the molecule is CCC.Cc1ccc(NS(C)(=O)=O)c(Oc2ccccc2)c1. The van der Waals surface area contributed by atoms with Gasteiger partial charge in [0.2, 0.25) is 10.0 Å². The first-order valence-corrected chi connectivity index (χ1v) is 9.06. The average Bonchev–Trinajstić information content (AvgIpc) is 2.43. The number of nitrogens with one attached hydrogen (secondary N) is 1. The van der Waals surface area contributed by atoms with Crippen LogP contribution in [0.15, 0.2) is 48.5 Å². The van der Waals surface area contributed by atoms with Gasteiger partial charge in [0, 0.05) is 0 Å². The van der Waals surface area contributed by atoms with Crippen molar-refractivity contribution in [3.63, 3.8) is 0 Å². The molecule has 2 aromatic rings. The highest BCUT2D eigenvalue weighted by atomic mass is 32.2. The van der Waals surface area contributed by atoms with Crippen molar-refractivity contribution in [1.82, 2.24) is 0 Å². The van der Waals surface area contributed by atoms with Crippen LogP contribution in [0.1, 0.15) is 25.8 Å². The van der Waals surface area contributed by atoms with E-state index in [2.05, 4.69) is 18.6 Å². The lowest BCUT2D eigenvalue weighted by Crippen LogP contribution is -2.10. The summed E-state index contributed by atoms with van der Waals surface area (Å²) >= 11 is 0. The molecule has 0 saturated heterocycles. The molecule has 0 aromatic heterocycles. The van der Waals surface area contributed by atoms with E-state index in [0.29, 0.717) is 17.2 Å². The van der Waals surface area contributed by atoms with Crippen LogP contribution in [-0.4, -0.2) is 14.7 Å². The van der Waals surface area contributed by atoms with Gasteiger partial charge in [-0.1, -0.05) is 44.5 Å². The average molecular weight is 321 g/mol. The van der Waals surface area contributed by atoms with E-state index in [0.717, 1.165) is 11.8 Å². The van der Waals surface area contributed by atoms with Crippen LogP contribution < -0.4 is 9.46 Å². The molecule has 0 spiro atoms. The molecule has 0 fully saturated rings. The third-order valence-corrected chi connectivity index (χ3v) is 2.99. The molecule has 0 radical (unpaired) electrons. The Morgan fingerprint density at radius 2 is 1.64 bits per heavy atom. The number of anilines is 1. The minimum atomic E-state index is -3.33. The number of rotatable bonds is 4. The first-order valence-electron chi connectivity index (χ1n) is 7.17. The highest BCUT2D eigenvalue weighted by Gasteiger charge is 2.09. The molecule has 4 nitrogen and oxygen atoms in total. The molecule has 2 rings (SSSR count). The molecule has 0 aliphatic rings. The lowest BCUT2D eigenvalue weighted by Gasteiger charge is -2.12. The molecule has 1 N–H and O–H groups in total. The fourth-order valence-corrected chi connectivity index (χ4v) is 2.18. The number of benzene rings is 2. The second-order valence-electron chi connectivity index (χ2n) is 5.00. The van der Waals surface area contributed by atoms with Gasteiger partial charge in [0.15, 0.2) is 5.75 Å². The first-order chi connectivity index (χ1) is 10.4. The zero-order valence-corrected chi connectivity index (χ0v) is 14.3. The van der Waals surface area contributed by atoms with E-state index >= 15 is 0 Å². The van der Waals surface area contributed by atoms with Crippen molar-refractivity contribution in [3.05, 3.63) is 54.1 Å². The van der Waals surface area contributed by atoms with E-state index in [1.54, 1.807) is 12.1 Å². The molecule has 0 atom stereocenters. The number of ether oxygens (including phenoxy) is 1. The number of para-hydroxylation sites is 1. The minimum absolute atomic E-state index is 0.428. The molecule has 0 saturated carbocycles. The van der Waals surface area contributed by atoms with Crippen molar-refractivity contribution in [1.29, 1.82) is 0 Å². The van der Waals surface area contributed by atoms with Crippen molar-refractivity contribution in [2.24, 2.45) is 0 Å². The Balaban J connectivity index is 0.000000745. The Hall–Kier alpha value is -2.01. The normalized spacial score (nSPS) is 10.4. The van der Waals surface area contributed by atoms with E-state index in [9.17, 15) is 8.42 Å². The Morgan fingerprint density at radius 3 is 2.18 bits per heavy atom. The van der Waals surface area contributed by atoms with Crippen LogP contribution in [0.3, 0.4) is 0 Å². The van der Waals surface area contributed by atoms with Crippen LogP contribution in [-0.2, 0) is 10.0 Å². The van der Waals surface area contributed by atoms with Crippen molar-refractivity contribution >= 4 is 15.7 Å². The van der Waals surface area contributed by atoms with Gasteiger partial charge < -0.3 is 4.74 Å². The summed E-state index contributed by atoms with van der Waals surface area (Å²) in [6, 6.07) is 14.5. The lowest BCUT2D eigenvalue weighted by molar-refractivity contribution is 0.484. The smallest absolute Gasteiger partial charge is 0.229 e. The Bertz CT molecular complexity index is 682. The topological polar surface area (TPSA) is 55.4 Å². The van der Waals surface area contributed by atoms with Crippen molar-refractivity contribution in [2.75, 3.05) is 11.0 Å². The summed E-state index contributed by atoms with van der Waals surface area (Å²) in [5.41, 5.74) is 1.42. The number of sulfonamides is 1. The van der Waals surface area contributed by atoms with Gasteiger partial charge in [0.1, 0.15) is 5.75 Å². The van der Waals surface area contributed by atoms with Crippen LogP contribution in [0.5, 0.6) is 11.5 Å². The van der Waals surface area contributed by atoms with Gasteiger partial charge >= 0.3 is 0 Å². The molecular formula is C17H23NO3S. The Morgan fingerprint density at radius 1 is 1.05 bits per heavy atom. The zero-order valence-electron chi connectivity index (χ0n) is 13.5. The molecule has 0 bridgehead atoms. The monoisotopic (exact) mass is 321 g/mol. The first kappa shape index (κ1) is 18.0. The maximum atomic E-state index is 11.3. The summed E-state index contributed by atoms with van der Waals surface area (Å²) in [4.78, 5) is 0.